The van der Waals surface area contributed by atoms with Crippen LogP contribution in [0.5, 0.6) is 0 Å². The third kappa shape index (κ3) is 3.04. The van der Waals surface area contributed by atoms with Gasteiger partial charge in [0.1, 0.15) is 5.82 Å². The standard InChI is InChI=1S/C23H23ClFN3/c1-14-10-21-18(11-15(14)12-26)19(13-28(21)16-6-4-3-5-7-16)17-8-9-20(25)23(27-2)22(17)24/h8-11,13,16,27H,3-7H2,1-2H3. The first-order chi connectivity index (χ1) is 13.5. The Hall–Kier alpha value is -2.51. The minimum absolute atomic E-state index is 0.297. The molecule has 0 radical (unpaired) electrons. The molecule has 28 heavy (non-hydrogen) atoms. The van der Waals surface area contributed by atoms with Gasteiger partial charge in [0.25, 0.3) is 0 Å². The number of nitrogens with zero attached hydrogens (tertiary/aromatic N) is 2. The van der Waals surface area contributed by atoms with Crippen LogP contribution >= 0.6 is 11.6 Å². The molecule has 3 nitrogen and oxygen atoms in total. The van der Waals surface area contributed by atoms with Gasteiger partial charge in [-0.2, -0.15) is 5.26 Å². The maximum Gasteiger partial charge on any atom is 0.147 e. The van der Waals surface area contributed by atoms with Crippen LogP contribution in [0, 0.1) is 24.1 Å². The Bertz CT molecular complexity index is 1090. The zero-order valence-corrected chi connectivity index (χ0v) is 16.9. The number of nitrogens with one attached hydrogen (secondary N) is 1. The molecule has 0 saturated heterocycles. The summed E-state index contributed by atoms with van der Waals surface area (Å²) in [5.74, 6) is -0.374. The summed E-state index contributed by atoms with van der Waals surface area (Å²) in [6.07, 6.45) is 8.20. The van der Waals surface area contributed by atoms with E-state index in [-0.39, 0.29) is 5.82 Å². The maximum absolute atomic E-state index is 14.1. The molecule has 1 saturated carbocycles. The van der Waals surface area contributed by atoms with Crippen LogP contribution in [0.15, 0.2) is 30.5 Å². The summed E-state index contributed by atoms with van der Waals surface area (Å²) < 4.78 is 16.5. The first kappa shape index (κ1) is 18.8. The number of aromatic nitrogens is 1. The Labute approximate surface area is 169 Å². The lowest BCUT2D eigenvalue weighted by molar-refractivity contribution is 0.361. The number of benzene rings is 2. The number of fused-ring (bicyclic) bond motifs is 1. The number of nitriles is 1. The molecule has 4 rings (SSSR count). The van der Waals surface area contributed by atoms with Crippen molar-refractivity contribution in [3.63, 3.8) is 0 Å². The Morgan fingerprint density at radius 1 is 1.18 bits per heavy atom. The topological polar surface area (TPSA) is 40.8 Å². The van der Waals surface area contributed by atoms with Crippen LogP contribution in [-0.2, 0) is 0 Å². The second-order valence-electron chi connectivity index (χ2n) is 7.57. The van der Waals surface area contributed by atoms with E-state index >= 15 is 0 Å². The molecular weight excluding hydrogens is 373 g/mol. The third-order valence-corrected chi connectivity index (χ3v) is 6.29. The van der Waals surface area contributed by atoms with Crippen molar-refractivity contribution in [2.45, 2.75) is 45.1 Å². The average Bonchev–Trinajstić information content (AvgIpc) is 3.06. The molecule has 144 valence electrons. The van der Waals surface area contributed by atoms with Crippen LogP contribution < -0.4 is 5.32 Å². The highest BCUT2D eigenvalue weighted by atomic mass is 35.5. The molecule has 5 heteroatoms. The molecule has 1 fully saturated rings. The van der Waals surface area contributed by atoms with Gasteiger partial charge in [-0.15, -0.1) is 0 Å². The number of anilines is 1. The van der Waals surface area contributed by atoms with Gasteiger partial charge in [0.15, 0.2) is 0 Å². The van der Waals surface area contributed by atoms with Crippen molar-refractivity contribution in [1.29, 1.82) is 5.26 Å². The molecule has 1 N–H and O–H groups in total. The van der Waals surface area contributed by atoms with Gasteiger partial charge in [-0.3, -0.25) is 0 Å². The van der Waals surface area contributed by atoms with Gasteiger partial charge in [-0.05, 0) is 49.6 Å². The summed E-state index contributed by atoms with van der Waals surface area (Å²) in [4.78, 5) is 0. The van der Waals surface area contributed by atoms with Gasteiger partial charge in [0, 0.05) is 41.3 Å². The van der Waals surface area contributed by atoms with Gasteiger partial charge in [0.2, 0.25) is 0 Å². The SMILES string of the molecule is CNc1c(F)ccc(-c2cn(C3CCCCC3)c3cc(C)c(C#N)cc23)c1Cl. The number of hydrogen-bond acceptors (Lipinski definition) is 2. The summed E-state index contributed by atoms with van der Waals surface area (Å²) in [5, 5.41) is 13.7. The van der Waals surface area contributed by atoms with Gasteiger partial charge < -0.3 is 9.88 Å². The summed E-state index contributed by atoms with van der Waals surface area (Å²) in [5.41, 5.74) is 4.76. The van der Waals surface area contributed by atoms with Gasteiger partial charge in [-0.1, -0.05) is 30.9 Å². The molecule has 0 atom stereocenters. The Balaban J connectivity index is 2.00. The fraction of sp³-hybridized carbons (Fsp3) is 0.348. The molecule has 1 aromatic heterocycles. The quantitative estimate of drug-likeness (QED) is 0.528. The van der Waals surface area contributed by atoms with Crippen LogP contribution in [0.1, 0.15) is 49.3 Å². The van der Waals surface area contributed by atoms with Crippen molar-refractivity contribution in [1.82, 2.24) is 4.57 Å². The zero-order chi connectivity index (χ0) is 19.8. The first-order valence-electron chi connectivity index (χ1n) is 9.76. The van der Waals surface area contributed by atoms with Crippen molar-refractivity contribution >= 4 is 28.2 Å². The van der Waals surface area contributed by atoms with Crippen LogP contribution in [0.3, 0.4) is 0 Å². The van der Waals surface area contributed by atoms with Crippen LogP contribution in [0.2, 0.25) is 5.02 Å². The van der Waals surface area contributed by atoms with Crippen molar-refractivity contribution in [3.8, 4) is 17.2 Å². The fourth-order valence-electron chi connectivity index (χ4n) is 4.39. The normalized spacial score (nSPS) is 15.0. The molecule has 1 aliphatic rings. The van der Waals surface area contributed by atoms with Gasteiger partial charge in [0.05, 0.1) is 22.3 Å². The smallest absolute Gasteiger partial charge is 0.147 e. The second kappa shape index (κ2) is 7.48. The number of halogens is 2. The lowest BCUT2D eigenvalue weighted by Gasteiger charge is -2.24. The van der Waals surface area contributed by atoms with E-state index in [9.17, 15) is 9.65 Å². The summed E-state index contributed by atoms with van der Waals surface area (Å²) in [6, 6.07) is 9.94. The lowest BCUT2D eigenvalue weighted by Crippen LogP contribution is -2.11. The molecule has 0 spiro atoms. The van der Waals surface area contributed by atoms with E-state index < -0.39 is 0 Å². The molecule has 0 amide bonds. The highest BCUT2D eigenvalue weighted by Crippen LogP contribution is 2.42. The van der Waals surface area contributed by atoms with Crippen molar-refractivity contribution in [2.75, 3.05) is 12.4 Å². The van der Waals surface area contributed by atoms with E-state index in [1.165, 1.54) is 25.3 Å². The summed E-state index contributed by atoms with van der Waals surface area (Å²) >= 11 is 6.57. The van der Waals surface area contributed by atoms with Crippen LogP contribution in [0.4, 0.5) is 10.1 Å². The molecule has 0 bridgehead atoms. The fourth-order valence-corrected chi connectivity index (χ4v) is 4.74. The monoisotopic (exact) mass is 395 g/mol. The summed E-state index contributed by atoms with van der Waals surface area (Å²) in [7, 11) is 1.66. The lowest BCUT2D eigenvalue weighted by atomic mass is 9.95. The van der Waals surface area contributed by atoms with E-state index in [1.54, 1.807) is 13.1 Å². The molecule has 3 aromatic rings. The second-order valence-corrected chi connectivity index (χ2v) is 7.95. The first-order valence-corrected chi connectivity index (χ1v) is 10.1. The van der Waals surface area contributed by atoms with Gasteiger partial charge in [-0.25, -0.2) is 4.39 Å². The predicted molar refractivity (Wildman–Crippen MR) is 113 cm³/mol. The van der Waals surface area contributed by atoms with E-state index in [1.807, 2.05) is 13.0 Å². The molecule has 1 aliphatic carbocycles. The van der Waals surface area contributed by atoms with Crippen molar-refractivity contribution in [3.05, 3.63) is 52.4 Å². The van der Waals surface area contributed by atoms with E-state index in [4.69, 9.17) is 11.6 Å². The molecular formula is C23H23ClFN3. The maximum atomic E-state index is 14.1. The molecule has 2 aromatic carbocycles. The highest BCUT2D eigenvalue weighted by molar-refractivity contribution is 6.36. The van der Waals surface area contributed by atoms with Crippen molar-refractivity contribution < 1.29 is 4.39 Å². The molecule has 1 heterocycles. The number of rotatable bonds is 3. The van der Waals surface area contributed by atoms with E-state index in [0.29, 0.717) is 22.3 Å². The zero-order valence-electron chi connectivity index (χ0n) is 16.1. The van der Waals surface area contributed by atoms with Crippen LogP contribution in [0.25, 0.3) is 22.0 Å². The Morgan fingerprint density at radius 3 is 2.61 bits per heavy atom. The third-order valence-electron chi connectivity index (χ3n) is 5.90. The summed E-state index contributed by atoms with van der Waals surface area (Å²) in [6.45, 7) is 1.97. The number of aryl methyl sites for hydroxylation is 1. The Kier molecular flexibility index (Phi) is 5.03. The minimum Gasteiger partial charge on any atom is -0.385 e. The number of hydrogen-bond donors (Lipinski definition) is 1. The van der Waals surface area contributed by atoms with E-state index in [2.05, 4.69) is 28.2 Å². The largest absolute Gasteiger partial charge is 0.385 e. The highest BCUT2D eigenvalue weighted by Gasteiger charge is 2.22. The van der Waals surface area contributed by atoms with E-state index in [0.717, 1.165) is 40.4 Å². The Morgan fingerprint density at radius 2 is 1.93 bits per heavy atom. The molecule has 0 unspecified atom stereocenters. The average molecular weight is 396 g/mol. The molecule has 0 aliphatic heterocycles. The predicted octanol–water partition coefficient (Wildman–Crippen LogP) is 6.83. The van der Waals surface area contributed by atoms with Gasteiger partial charge >= 0.3 is 0 Å². The minimum atomic E-state index is -0.374. The van der Waals surface area contributed by atoms with Crippen molar-refractivity contribution in [2.24, 2.45) is 0 Å². The van der Waals surface area contributed by atoms with Crippen LogP contribution in [-0.4, -0.2) is 11.6 Å².